The zero-order valence-corrected chi connectivity index (χ0v) is 10.5. The molecule has 0 aromatic heterocycles. The summed E-state index contributed by atoms with van der Waals surface area (Å²) in [5.74, 6) is -0.328. The minimum Gasteiger partial charge on any atom is -0.349 e. The Morgan fingerprint density at radius 1 is 1.47 bits per heavy atom. The Kier molecular flexibility index (Phi) is 4.62. The third-order valence-corrected chi connectivity index (χ3v) is 2.79. The number of amides is 3. The smallest absolute Gasteiger partial charge is 0.246 e. The first-order chi connectivity index (χ1) is 7.97. The third-order valence-electron chi connectivity index (χ3n) is 2.79. The van der Waals surface area contributed by atoms with E-state index in [0.29, 0.717) is 19.5 Å². The second-order valence-electron chi connectivity index (χ2n) is 4.23. The van der Waals surface area contributed by atoms with Crippen LogP contribution in [0.15, 0.2) is 0 Å². The molecular formula is C11H19N3O3. The highest BCUT2D eigenvalue weighted by atomic mass is 16.2. The lowest BCUT2D eigenvalue weighted by molar-refractivity contribution is -0.138. The van der Waals surface area contributed by atoms with E-state index >= 15 is 0 Å². The molecule has 0 bridgehead atoms. The van der Waals surface area contributed by atoms with Crippen molar-refractivity contribution in [3.8, 4) is 0 Å². The van der Waals surface area contributed by atoms with E-state index in [1.807, 2.05) is 0 Å². The van der Waals surface area contributed by atoms with Crippen LogP contribution in [0, 0.1) is 0 Å². The molecule has 0 spiro atoms. The summed E-state index contributed by atoms with van der Waals surface area (Å²) in [4.78, 5) is 37.2. The van der Waals surface area contributed by atoms with E-state index in [4.69, 9.17) is 0 Å². The Bertz CT molecular complexity index is 328. The summed E-state index contributed by atoms with van der Waals surface area (Å²) < 4.78 is 0. The van der Waals surface area contributed by atoms with E-state index in [2.05, 4.69) is 5.32 Å². The fourth-order valence-electron chi connectivity index (χ4n) is 1.75. The van der Waals surface area contributed by atoms with Crippen molar-refractivity contribution < 1.29 is 14.4 Å². The maximum Gasteiger partial charge on any atom is 0.246 e. The van der Waals surface area contributed by atoms with E-state index in [9.17, 15) is 14.4 Å². The molecule has 1 N–H and O–H groups in total. The van der Waals surface area contributed by atoms with Crippen LogP contribution in [0.2, 0.25) is 0 Å². The number of nitrogens with zero attached hydrogens (tertiary/aromatic N) is 2. The topological polar surface area (TPSA) is 69.7 Å². The molecule has 96 valence electrons. The first kappa shape index (κ1) is 13.6. The number of rotatable bonds is 5. The number of hydrogen-bond acceptors (Lipinski definition) is 4. The minimum absolute atomic E-state index is 0.00150. The first-order valence-corrected chi connectivity index (χ1v) is 5.75. The Morgan fingerprint density at radius 3 is 2.59 bits per heavy atom. The van der Waals surface area contributed by atoms with E-state index in [1.165, 1.54) is 9.80 Å². The lowest BCUT2D eigenvalue weighted by Crippen LogP contribution is -2.40. The van der Waals surface area contributed by atoms with Gasteiger partial charge < -0.3 is 10.2 Å². The minimum atomic E-state index is -0.461. The van der Waals surface area contributed by atoms with E-state index in [1.54, 1.807) is 21.0 Å². The van der Waals surface area contributed by atoms with Crippen molar-refractivity contribution >= 4 is 17.7 Å². The van der Waals surface area contributed by atoms with Crippen LogP contribution in [-0.4, -0.2) is 60.7 Å². The highest BCUT2D eigenvalue weighted by molar-refractivity contribution is 6.05. The number of likely N-dealkylation sites (tertiary alicyclic amines) is 1. The molecule has 17 heavy (non-hydrogen) atoms. The Hall–Kier alpha value is -1.43. The maximum absolute atomic E-state index is 11.7. The van der Waals surface area contributed by atoms with Gasteiger partial charge in [-0.1, -0.05) is 0 Å². The highest BCUT2D eigenvalue weighted by Crippen LogP contribution is 2.12. The summed E-state index contributed by atoms with van der Waals surface area (Å²) in [7, 11) is 3.37. The summed E-state index contributed by atoms with van der Waals surface area (Å²) in [6.45, 7) is 2.60. The molecule has 1 unspecified atom stereocenters. The fraction of sp³-hybridized carbons (Fsp3) is 0.727. The molecule has 1 rings (SSSR count). The van der Waals surface area contributed by atoms with Gasteiger partial charge in [-0.15, -0.1) is 0 Å². The Balaban J connectivity index is 2.37. The van der Waals surface area contributed by atoms with Crippen molar-refractivity contribution in [2.24, 2.45) is 0 Å². The lowest BCUT2D eigenvalue weighted by atomic mass is 10.2. The van der Waals surface area contributed by atoms with Crippen LogP contribution in [-0.2, 0) is 14.4 Å². The SMILES string of the molecule is CCN1C(=O)CC(NCCC(=O)N(C)C)C1=O. The highest BCUT2D eigenvalue weighted by Gasteiger charge is 2.36. The standard InChI is InChI=1S/C11H19N3O3/c1-4-14-10(16)7-8(11(14)17)12-6-5-9(15)13(2)3/h8,12H,4-7H2,1-3H3. The lowest BCUT2D eigenvalue weighted by Gasteiger charge is -2.14. The Morgan fingerprint density at radius 2 is 2.12 bits per heavy atom. The molecule has 1 aliphatic heterocycles. The predicted molar refractivity (Wildman–Crippen MR) is 62.1 cm³/mol. The number of nitrogens with one attached hydrogen (secondary N) is 1. The van der Waals surface area contributed by atoms with Crippen molar-refractivity contribution in [2.45, 2.75) is 25.8 Å². The maximum atomic E-state index is 11.7. The van der Waals surface area contributed by atoms with E-state index < -0.39 is 6.04 Å². The zero-order chi connectivity index (χ0) is 13.0. The second-order valence-corrected chi connectivity index (χ2v) is 4.23. The van der Waals surface area contributed by atoms with Crippen LogP contribution in [0.4, 0.5) is 0 Å². The van der Waals surface area contributed by atoms with Gasteiger partial charge in [-0.05, 0) is 6.92 Å². The third kappa shape index (κ3) is 3.26. The van der Waals surface area contributed by atoms with Crippen molar-refractivity contribution in [1.82, 2.24) is 15.1 Å². The Labute approximate surface area is 101 Å². The number of carbonyl (C=O) groups excluding carboxylic acids is 3. The van der Waals surface area contributed by atoms with Crippen molar-refractivity contribution in [1.29, 1.82) is 0 Å². The molecule has 0 radical (unpaired) electrons. The molecule has 1 fully saturated rings. The molecule has 0 saturated carbocycles. The summed E-state index contributed by atoms with van der Waals surface area (Å²) in [5, 5.41) is 2.95. The van der Waals surface area contributed by atoms with Crippen LogP contribution in [0.3, 0.4) is 0 Å². The van der Waals surface area contributed by atoms with E-state index in [-0.39, 0.29) is 24.1 Å². The molecule has 0 aliphatic carbocycles. The molecule has 0 aromatic rings. The fourth-order valence-corrected chi connectivity index (χ4v) is 1.75. The first-order valence-electron chi connectivity index (χ1n) is 5.75. The molecule has 6 nitrogen and oxygen atoms in total. The molecule has 1 saturated heterocycles. The molecule has 1 aliphatic rings. The van der Waals surface area contributed by atoms with Crippen molar-refractivity contribution in [2.75, 3.05) is 27.2 Å². The zero-order valence-electron chi connectivity index (χ0n) is 10.5. The number of likely N-dealkylation sites (N-methyl/N-ethyl adjacent to an activating group) is 1. The summed E-state index contributed by atoms with van der Waals surface area (Å²) in [6.07, 6.45) is 0.528. The van der Waals surface area contributed by atoms with Gasteiger partial charge in [0.1, 0.15) is 0 Å². The average molecular weight is 241 g/mol. The molecule has 1 heterocycles. The molecule has 6 heteroatoms. The van der Waals surface area contributed by atoms with Gasteiger partial charge in [-0.25, -0.2) is 0 Å². The van der Waals surface area contributed by atoms with E-state index in [0.717, 1.165) is 0 Å². The van der Waals surface area contributed by atoms with Crippen LogP contribution in [0.5, 0.6) is 0 Å². The van der Waals surface area contributed by atoms with Gasteiger partial charge in [0, 0.05) is 33.6 Å². The summed E-state index contributed by atoms with van der Waals surface area (Å²) in [6, 6.07) is -0.461. The van der Waals surface area contributed by atoms with Crippen LogP contribution >= 0.6 is 0 Å². The summed E-state index contributed by atoms with van der Waals surface area (Å²) in [5.41, 5.74) is 0. The van der Waals surface area contributed by atoms with Gasteiger partial charge >= 0.3 is 0 Å². The van der Waals surface area contributed by atoms with Crippen LogP contribution < -0.4 is 5.32 Å². The second kappa shape index (κ2) is 5.77. The summed E-state index contributed by atoms with van der Waals surface area (Å²) >= 11 is 0. The van der Waals surface area contributed by atoms with Crippen molar-refractivity contribution in [3.63, 3.8) is 0 Å². The van der Waals surface area contributed by atoms with Gasteiger partial charge in [-0.2, -0.15) is 0 Å². The average Bonchev–Trinajstić information content (AvgIpc) is 2.53. The normalized spacial score (nSPS) is 19.9. The monoisotopic (exact) mass is 241 g/mol. The predicted octanol–water partition coefficient (Wildman–Crippen LogP) is -0.798. The number of carbonyl (C=O) groups is 3. The van der Waals surface area contributed by atoms with Crippen LogP contribution in [0.25, 0.3) is 0 Å². The van der Waals surface area contributed by atoms with Gasteiger partial charge in [-0.3, -0.25) is 19.3 Å². The molecular weight excluding hydrogens is 222 g/mol. The largest absolute Gasteiger partial charge is 0.349 e. The van der Waals surface area contributed by atoms with Gasteiger partial charge in [0.15, 0.2) is 0 Å². The van der Waals surface area contributed by atoms with Gasteiger partial charge in [0.05, 0.1) is 12.5 Å². The molecule has 1 atom stereocenters. The van der Waals surface area contributed by atoms with Gasteiger partial charge in [0.2, 0.25) is 17.7 Å². The molecule has 0 aromatic carbocycles. The van der Waals surface area contributed by atoms with Gasteiger partial charge in [0.25, 0.3) is 0 Å². The van der Waals surface area contributed by atoms with Crippen molar-refractivity contribution in [3.05, 3.63) is 0 Å². The number of imide groups is 1. The van der Waals surface area contributed by atoms with Crippen LogP contribution in [0.1, 0.15) is 19.8 Å². The number of hydrogen-bond donors (Lipinski definition) is 1. The molecule has 3 amide bonds. The quantitative estimate of drug-likeness (QED) is 0.640.